The molecule has 64 valence electrons. The van der Waals surface area contributed by atoms with Gasteiger partial charge < -0.3 is 22.5 Å². The molecule has 0 aromatic heterocycles. The minimum Gasteiger partial charge on any atom is -0.399 e. The van der Waals surface area contributed by atoms with E-state index >= 15 is 0 Å². The van der Waals surface area contributed by atoms with Gasteiger partial charge in [0.15, 0.2) is 5.11 Å². The van der Waals surface area contributed by atoms with E-state index in [0.29, 0.717) is 17.1 Å². The molecular weight excluding hydrogens is 172 g/mol. The molecule has 1 aromatic carbocycles. The van der Waals surface area contributed by atoms with Gasteiger partial charge >= 0.3 is 0 Å². The molecule has 0 heterocycles. The molecular formula is C7H10N4S. The van der Waals surface area contributed by atoms with Crippen molar-refractivity contribution in [1.82, 2.24) is 0 Å². The van der Waals surface area contributed by atoms with Crippen LogP contribution in [0.3, 0.4) is 0 Å². The number of rotatable bonds is 1. The van der Waals surface area contributed by atoms with Crippen LogP contribution >= 0.6 is 12.2 Å². The van der Waals surface area contributed by atoms with Crippen molar-refractivity contribution in [1.29, 1.82) is 0 Å². The number of anilines is 3. The van der Waals surface area contributed by atoms with E-state index in [9.17, 15) is 0 Å². The van der Waals surface area contributed by atoms with Crippen molar-refractivity contribution in [3.63, 3.8) is 0 Å². The fraction of sp³-hybridized carbons (Fsp3) is 0. The van der Waals surface area contributed by atoms with Crippen LogP contribution in [0.5, 0.6) is 0 Å². The maximum Gasteiger partial charge on any atom is 0.168 e. The van der Waals surface area contributed by atoms with Crippen molar-refractivity contribution < 1.29 is 0 Å². The summed E-state index contributed by atoms with van der Waals surface area (Å²) < 4.78 is 0. The van der Waals surface area contributed by atoms with E-state index in [0.717, 1.165) is 0 Å². The third-order valence-corrected chi connectivity index (χ3v) is 1.44. The summed E-state index contributed by atoms with van der Waals surface area (Å²) in [4.78, 5) is 0. The van der Waals surface area contributed by atoms with Crippen LogP contribution in [0.4, 0.5) is 17.1 Å². The summed E-state index contributed by atoms with van der Waals surface area (Å²) in [5.74, 6) is 0. The van der Waals surface area contributed by atoms with Crippen LogP contribution in [0.15, 0.2) is 18.2 Å². The lowest BCUT2D eigenvalue weighted by molar-refractivity contribution is 1.59. The predicted octanol–water partition coefficient (Wildman–Crippen LogP) is 0.506. The Morgan fingerprint density at radius 3 is 2.50 bits per heavy atom. The van der Waals surface area contributed by atoms with Gasteiger partial charge in [-0.1, -0.05) is 0 Å². The fourth-order valence-electron chi connectivity index (χ4n) is 0.828. The molecule has 7 N–H and O–H groups in total. The van der Waals surface area contributed by atoms with E-state index in [-0.39, 0.29) is 5.11 Å². The van der Waals surface area contributed by atoms with Gasteiger partial charge in [-0.25, -0.2) is 0 Å². The van der Waals surface area contributed by atoms with E-state index in [4.69, 9.17) is 17.2 Å². The van der Waals surface area contributed by atoms with Gasteiger partial charge in [-0.15, -0.1) is 0 Å². The molecule has 0 spiro atoms. The molecule has 4 nitrogen and oxygen atoms in total. The molecule has 0 unspecified atom stereocenters. The predicted molar refractivity (Wildman–Crippen MR) is 55.7 cm³/mol. The minimum absolute atomic E-state index is 0.187. The van der Waals surface area contributed by atoms with Crippen LogP contribution in [0, 0.1) is 0 Å². The molecule has 0 fully saturated rings. The zero-order chi connectivity index (χ0) is 9.14. The molecule has 0 saturated carbocycles. The minimum atomic E-state index is 0.187. The molecule has 1 aromatic rings. The number of nitrogen functional groups attached to an aromatic ring is 2. The number of hydrogen-bond donors (Lipinski definition) is 4. The summed E-state index contributed by atoms with van der Waals surface area (Å²) in [7, 11) is 0. The highest BCUT2D eigenvalue weighted by Crippen LogP contribution is 2.20. The lowest BCUT2D eigenvalue weighted by atomic mass is 10.2. The van der Waals surface area contributed by atoms with Gasteiger partial charge in [-0.05, 0) is 30.4 Å². The van der Waals surface area contributed by atoms with Crippen molar-refractivity contribution in [3.05, 3.63) is 18.2 Å². The quantitative estimate of drug-likeness (QED) is 0.375. The van der Waals surface area contributed by atoms with E-state index in [2.05, 4.69) is 17.5 Å². The smallest absolute Gasteiger partial charge is 0.168 e. The van der Waals surface area contributed by atoms with Gasteiger partial charge in [0.25, 0.3) is 0 Å². The van der Waals surface area contributed by atoms with Crippen molar-refractivity contribution >= 4 is 34.4 Å². The first-order valence-corrected chi connectivity index (χ1v) is 3.72. The molecule has 0 aliphatic heterocycles. The molecule has 0 aliphatic rings. The van der Waals surface area contributed by atoms with Crippen LogP contribution in [0.25, 0.3) is 0 Å². The number of nitrogens with two attached hydrogens (primary N) is 3. The zero-order valence-electron chi connectivity index (χ0n) is 6.37. The first-order valence-electron chi connectivity index (χ1n) is 3.31. The van der Waals surface area contributed by atoms with E-state index in [1.165, 1.54) is 0 Å². The van der Waals surface area contributed by atoms with Crippen LogP contribution in [-0.2, 0) is 0 Å². The lowest BCUT2D eigenvalue weighted by Crippen LogP contribution is -2.19. The standard InChI is InChI=1S/C7H10N4S/c8-4-1-2-6(5(9)3-4)11-7(10)12/h1-3H,8-9H2,(H3,10,11,12). The Labute approximate surface area is 75.7 Å². The molecule has 0 saturated heterocycles. The summed E-state index contributed by atoms with van der Waals surface area (Å²) in [5.41, 5.74) is 18.2. The van der Waals surface area contributed by atoms with E-state index in [1.54, 1.807) is 18.2 Å². The van der Waals surface area contributed by atoms with Crippen LogP contribution in [-0.4, -0.2) is 5.11 Å². The Morgan fingerprint density at radius 1 is 1.33 bits per heavy atom. The molecule has 0 amide bonds. The Morgan fingerprint density at radius 2 is 2.00 bits per heavy atom. The third kappa shape index (κ3) is 2.00. The SMILES string of the molecule is NC(=S)Nc1ccc(N)cc1N. The van der Waals surface area contributed by atoms with E-state index < -0.39 is 0 Å². The molecule has 0 atom stereocenters. The summed E-state index contributed by atoms with van der Waals surface area (Å²) in [6, 6.07) is 5.08. The molecule has 5 heteroatoms. The second-order valence-corrected chi connectivity index (χ2v) is 2.78. The topological polar surface area (TPSA) is 90.1 Å². The third-order valence-electron chi connectivity index (χ3n) is 1.33. The van der Waals surface area contributed by atoms with Gasteiger partial charge in [0.05, 0.1) is 11.4 Å². The Bertz CT molecular complexity index is 310. The van der Waals surface area contributed by atoms with Gasteiger partial charge in [-0.2, -0.15) is 0 Å². The zero-order valence-corrected chi connectivity index (χ0v) is 7.19. The average Bonchev–Trinajstić information content (AvgIpc) is 1.94. The highest BCUT2D eigenvalue weighted by molar-refractivity contribution is 7.80. The summed E-state index contributed by atoms with van der Waals surface area (Å²) >= 11 is 4.65. The maximum absolute atomic E-state index is 5.61. The lowest BCUT2D eigenvalue weighted by Gasteiger charge is -2.07. The average molecular weight is 182 g/mol. The van der Waals surface area contributed by atoms with Gasteiger partial charge in [0, 0.05) is 5.69 Å². The second-order valence-electron chi connectivity index (χ2n) is 2.34. The number of benzene rings is 1. The number of nitrogens with one attached hydrogen (secondary N) is 1. The van der Waals surface area contributed by atoms with Crippen LogP contribution in [0.1, 0.15) is 0 Å². The molecule has 1 rings (SSSR count). The van der Waals surface area contributed by atoms with Gasteiger partial charge in [-0.3, -0.25) is 0 Å². The van der Waals surface area contributed by atoms with Crippen molar-refractivity contribution in [3.8, 4) is 0 Å². The maximum atomic E-state index is 5.61. The summed E-state index contributed by atoms with van der Waals surface area (Å²) in [5, 5.41) is 2.92. The Balaban J connectivity index is 2.93. The monoisotopic (exact) mass is 182 g/mol. The van der Waals surface area contributed by atoms with Gasteiger partial charge in [0.2, 0.25) is 0 Å². The van der Waals surface area contributed by atoms with Crippen molar-refractivity contribution in [2.24, 2.45) is 5.73 Å². The number of thiocarbonyl (C=S) groups is 1. The summed E-state index contributed by atoms with van der Waals surface area (Å²) in [6.07, 6.45) is 0. The molecule has 0 radical (unpaired) electrons. The number of hydrogen-bond acceptors (Lipinski definition) is 3. The summed E-state index contributed by atoms with van der Waals surface area (Å²) in [6.45, 7) is 0. The molecule has 0 bridgehead atoms. The Kier molecular flexibility index (Phi) is 2.35. The van der Waals surface area contributed by atoms with Crippen LogP contribution in [0.2, 0.25) is 0 Å². The van der Waals surface area contributed by atoms with Crippen molar-refractivity contribution in [2.45, 2.75) is 0 Å². The highest BCUT2D eigenvalue weighted by atomic mass is 32.1. The Hall–Kier alpha value is -1.49. The first kappa shape index (κ1) is 8.61. The van der Waals surface area contributed by atoms with Gasteiger partial charge in [0.1, 0.15) is 0 Å². The molecule has 12 heavy (non-hydrogen) atoms. The fourth-order valence-corrected chi connectivity index (χ4v) is 0.938. The van der Waals surface area contributed by atoms with E-state index in [1.807, 2.05) is 0 Å². The van der Waals surface area contributed by atoms with Crippen molar-refractivity contribution in [2.75, 3.05) is 16.8 Å². The van der Waals surface area contributed by atoms with Crippen LogP contribution < -0.4 is 22.5 Å². The molecule has 0 aliphatic carbocycles. The second kappa shape index (κ2) is 3.27. The largest absolute Gasteiger partial charge is 0.399 e. The highest BCUT2D eigenvalue weighted by Gasteiger charge is 1.98. The first-order chi connectivity index (χ1) is 5.59. The normalized spacial score (nSPS) is 9.33.